The first-order valence-corrected chi connectivity index (χ1v) is 8.49. The molecular weight excluding hydrogens is 316 g/mol. The molecule has 6 nitrogen and oxygen atoms in total. The first-order valence-electron chi connectivity index (χ1n) is 8.49. The van der Waals surface area contributed by atoms with Gasteiger partial charge in [0.1, 0.15) is 5.82 Å². The quantitative estimate of drug-likeness (QED) is 0.818. The molecule has 0 unspecified atom stereocenters. The molecule has 25 heavy (non-hydrogen) atoms. The minimum Gasteiger partial charge on any atom is -0.367 e. The number of hydrogen-bond acceptors (Lipinski definition) is 4. The van der Waals surface area contributed by atoms with E-state index in [2.05, 4.69) is 15.2 Å². The lowest BCUT2D eigenvalue weighted by molar-refractivity contribution is -0.118. The maximum absolute atomic E-state index is 12.0. The molecule has 2 aromatic rings. The van der Waals surface area contributed by atoms with Gasteiger partial charge in [0.25, 0.3) is 0 Å². The van der Waals surface area contributed by atoms with Gasteiger partial charge in [0.15, 0.2) is 0 Å². The van der Waals surface area contributed by atoms with E-state index >= 15 is 0 Å². The molecule has 2 amide bonds. The van der Waals surface area contributed by atoms with Crippen molar-refractivity contribution in [2.45, 2.75) is 12.8 Å². The summed E-state index contributed by atoms with van der Waals surface area (Å²) >= 11 is 0. The Kier molecular flexibility index (Phi) is 5.61. The Hall–Kier alpha value is -2.89. The number of rotatable bonds is 6. The van der Waals surface area contributed by atoms with Crippen LogP contribution < -0.4 is 10.2 Å². The fraction of sp³-hybridized carbons (Fsp3) is 0.316. The summed E-state index contributed by atoms with van der Waals surface area (Å²) in [6.45, 7) is 3.04. The van der Waals surface area contributed by atoms with E-state index in [4.69, 9.17) is 0 Å². The summed E-state index contributed by atoms with van der Waals surface area (Å²) in [5.41, 5.74) is 2.16. The zero-order chi connectivity index (χ0) is 17.5. The number of carbonyl (C=O) groups is 2. The molecule has 0 radical (unpaired) electrons. The number of anilines is 2. The predicted octanol–water partition coefficient (Wildman–Crippen LogP) is 1.93. The number of aromatic nitrogens is 1. The molecule has 0 atom stereocenters. The number of amides is 2. The second-order valence-corrected chi connectivity index (χ2v) is 6.06. The molecule has 1 aromatic heterocycles. The normalized spacial score (nSPS) is 14.2. The van der Waals surface area contributed by atoms with Crippen LogP contribution in [0.3, 0.4) is 0 Å². The number of pyridine rings is 1. The summed E-state index contributed by atoms with van der Waals surface area (Å²) < 4.78 is 0. The second kappa shape index (κ2) is 8.28. The second-order valence-electron chi connectivity index (χ2n) is 6.06. The van der Waals surface area contributed by atoms with E-state index in [1.807, 2.05) is 42.5 Å². The van der Waals surface area contributed by atoms with Crippen LogP contribution in [0.1, 0.15) is 12.0 Å². The largest absolute Gasteiger partial charge is 0.367 e. The number of aryl methyl sites for hydroxylation is 1. The van der Waals surface area contributed by atoms with Crippen molar-refractivity contribution in [2.24, 2.45) is 0 Å². The van der Waals surface area contributed by atoms with Crippen LogP contribution in [0.4, 0.5) is 11.5 Å². The minimum absolute atomic E-state index is 0.0382. The maximum Gasteiger partial charge on any atom is 0.225 e. The Morgan fingerprint density at radius 3 is 2.48 bits per heavy atom. The lowest BCUT2D eigenvalue weighted by Crippen LogP contribution is -2.45. The van der Waals surface area contributed by atoms with Crippen LogP contribution in [-0.4, -0.2) is 48.4 Å². The third-order valence-electron chi connectivity index (χ3n) is 4.33. The lowest BCUT2D eigenvalue weighted by atomic mass is 10.1. The van der Waals surface area contributed by atoms with E-state index in [1.165, 1.54) is 0 Å². The van der Waals surface area contributed by atoms with Crippen molar-refractivity contribution >= 4 is 23.8 Å². The van der Waals surface area contributed by atoms with Crippen LogP contribution in [0.5, 0.6) is 0 Å². The molecule has 1 N–H and O–H groups in total. The smallest absolute Gasteiger partial charge is 0.225 e. The number of hydrogen-bond donors (Lipinski definition) is 1. The van der Waals surface area contributed by atoms with Crippen LogP contribution in [0, 0.1) is 0 Å². The zero-order valence-corrected chi connectivity index (χ0v) is 14.1. The zero-order valence-electron chi connectivity index (χ0n) is 14.1. The van der Waals surface area contributed by atoms with Gasteiger partial charge in [0.05, 0.1) is 11.9 Å². The van der Waals surface area contributed by atoms with Crippen molar-refractivity contribution in [1.82, 2.24) is 9.88 Å². The fourth-order valence-electron chi connectivity index (χ4n) is 2.84. The fourth-order valence-corrected chi connectivity index (χ4v) is 2.84. The van der Waals surface area contributed by atoms with Gasteiger partial charge in [-0.05, 0) is 24.1 Å². The Morgan fingerprint density at radius 1 is 1.08 bits per heavy atom. The highest BCUT2D eigenvalue weighted by atomic mass is 16.1. The molecule has 1 aliphatic rings. The van der Waals surface area contributed by atoms with Gasteiger partial charge in [-0.15, -0.1) is 0 Å². The number of piperazine rings is 1. The molecule has 6 heteroatoms. The van der Waals surface area contributed by atoms with Gasteiger partial charge in [0, 0.05) is 32.6 Å². The summed E-state index contributed by atoms with van der Waals surface area (Å²) in [6.07, 6.45) is 3.81. The van der Waals surface area contributed by atoms with Gasteiger partial charge in [-0.2, -0.15) is 0 Å². The molecule has 0 spiro atoms. The third kappa shape index (κ3) is 4.79. The molecule has 1 aliphatic heterocycles. The third-order valence-corrected chi connectivity index (χ3v) is 4.33. The van der Waals surface area contributed by atoms with Crippen molar-refractivity contribution in [3.8, 4) is 0 Å². The Morgan fingerprint density at radius 2 is 1.84 bits per heavy atom. The van der Waals surface area contributed by atoms with E-state index in [9.17, 15) is 9.59 Å². The van der Waals surface area contributed by atoms with Crippen molar-refractivity contribution in [1.29, 1.82) is 0 Å². The predicted molar refractivity (Wildman–Crippen MR) is 97.5 cm³/mol. The maximum atomic E-state index is 12.0. The van der Waals surface area contributed by atoms with Gasteiger partial charge in [-0.1, -0.05) is 30.3 Å². The summed E-state index contributed by atoms with van der Waals surface area (Å²) in [4.78, 5) is 31.1. The molecule has 130 valence electrons. The summed E-state index contributed by atoms with van der Waals surface area (Å²) in [5.74, 6) is 0.525. The molecule has 0 saturated carbocycles. The van der Waals surface area contributed by atoms with E-state index < -0.39 is 0 Å². The van der Waals surface area contributed by atoms with Crippen LogP contribution in [0.15, 0.2) is 48.7 Å². The van der Waals surface area contributed by atoms with Crippen LogP contribution >= 0.6 is 0 Å². The highest BCUT2D eigenvalue weighted by molar-refractivity contribution is 5.89. The highest BCUT2D eigenvalue weighted by Crippen LogP contribution is 2.17. The first-order chi connectivity index (χ1) is 12.2. The Labute approximate surface area is 147 Å². The van der Waals surface area contributed by atoms with Gasteiger partial charge in [0.2, 0.25) is 12.3 Å². The summed E-state index contributed by atoms with van der Waals surface area (Å²) in [5, 5.41) is 2.84. The van der Waals surface area contributed by atoms with E-state index in [-0.39, 0.29) is 5.91 Å². The van der Waals surface area contributed by atoms with E-state index in [0.717, 1.165) is 43.8 Å². The molecule has 2 heterocycles. The van der Waals surface area contributed by atoms with E-state index in [1.54, 1.807) is 11.1 Å². The first kappa shape index (κ1) is 17.0. The molecule has 1 saturated heterocycles. The molecular formula is C19H22N4O2. The average Bonchev–Trinajstić information content (AvgIpc) is 2.68. The van der Waals surface area contributed by atoms with Crippen LogP contribution in [0.2, 0.25) is 0 Å². The van der Waals surface area contributed by atoms with Gasteiger partial charge < -0.3 is 15.1 Å². The molecule has 3 rings (SSSR count). The minimum atomic E-state index is -0.0382. The van der Waals surface area contributed by atoms with Crippen LogP contribution in [-0.2, 0) is 16.0 Å². The summed E-state index contributed by atoms with van der Waals surface area (Å²) in [7, 11) is 0. The highest BCUT2D eigenvalue weighted by Gasteiger charge is 2.16. The van der Waals surface area contributed by atoms with E-state index in [0.29, 0.717) is 18.7 Å². The number of carbonyl (C=O) groups excluding carboxylic acids is 2. The number of benzene rings is 1. The lowest BCUT2D eigenvalue weighted by Gasteiger charge is -2.33. The van der Waals surface area contributed by atoms with Crippen LogP contribution in [0.25, 0.3) is 0 Å². The number of nitrogens with zero attached hydrogens (tertiary/aromatic N) is 3. The van der Waals surface area contributed by atoms with Gasteiger partial charge >= 0.3 is 0 Å². The van der Waals surface area contributed by atoms with Crippen molar-refractivity contribution in [2.75, 3.05) is 36.4 Å². The molecule has 0 bridgehead atoms. The van der Waals surface area contributed by atoms with Crippen molar-refractivity contribution in [3.05, 3.63) is 54.2 Å². The summed E-state index contributed by atoms with van der Waals surface area (Å²) in [6, 6.07) is 13.7. The SMILES string of the molecule is O=CN1CCN(c2ccc(NC(=O)CCc3ccccc3)nc2)CC1. The van der Waals surface area contributed by atoms with Crippen molar-refractivity contribution in [3.63, 3.8) is 0 Å². The molecule has 0 aliphatic carbocycles. The molecule has 1 aromatic carbocycles. The monoisotopic (exact) mass is 338 g/mol. The topological polar surface area (TPSA) is 65.5 Å². The Balaban J connectivity index is 1.49. The number of nitrogens with one attached hydrogen (secondary N) is 1. The van der Waals surface area contributed by atoms with Gasteiger partial charge in [-0.3, -0.25) is 9.59 Å². The van der Waals surface area contributed by atoms with Gasteiger partial charge in [-0.25, -0.2) is 4.98 Å². The standard InChI is InChI=1S/C19H22N4O2/c24-15-22-10-12-23(13-11-22)17-7-8-18(20-14-17)21-19(25)9-6-16-4-2-1-3-5-16/h1-5,7-8,14-15H,6,9-13H2,(H,20,21,25). The Bertz CT molecular complexity index is 695. The van der Waals surface area contributed by atoms with Crippen molar-refractivity contribution < 1.29 is 9.59 Å². The molecule has 1 fully saturated rings. The average molecular weight is 338 g/mol.